The van der Waals surface area contributed by atoms with E-state index in [2.05, 4.69) is 51.1 Å². The molecular weight excluding hydrogens is 260 g/mol. The average molecular weight is 284 g/mol. The van der Waals surface area contributed by atoms with Crippen molar-refractivity contribution in [3.05, 3.63) is 47.5 Å². The Hall–Kier alpha value is -1.96. The van der Waals surface area contributed by atoms with Gasteiger partial charge in [0, 0.05) is 5.56 Å². The van der Waals surface area contributed by atoms with Crippen LogP contribution in [-0.4, -0.2) is 14.2 Å². The first kappa shape index (κ1) is 15.4. The molecule has 2 aromatic carbocycles. The Morgan fingerprint density at radius 2 is 1.67 bits per heavy atom. The van der Waals surface area contributed by atoms with Crippen molar-refractivity contribution < 1.29 is 9.47 Å². The lowest BCUT2D eigenvalue weighted by atomic mass is 9.93. The Labute approximate surface area is 127 Å². The van der Waals surface area contributed by atoms with Gasteiger partial charge in [0.2, 0.25) is 0 Å². The molecule has 2 heteroatoms. The molecular formula is C19H24O2. The molecule has 21 heavy (non-hydrogen) atoms. The lowest BCUT2D eigenvalue weighted by molar-refractivity contribution is 0.413. The van der Waals surface area contributed by atoms with Crippen LogP contribution in [0.3, 0.4) is 0 Å². The molecule has 0 bridgehead atoms. The maximum Gasteiger partial charge on any atom is 0.126 e. The Morgan fingerprint density at radius 1 is 0.905 bits per heavy atom. The third-order valence-electron chi connectivity index (χ3n) is 3.87. The van der Waals surface area contributed by atoms with Crippen molar-refractivity contribution in [3.63, 3.8) is 0 Å². The summed E-state index contributed by atoms with van der Waals surface area (Å²) in [6.45, 7) is 6.58. The van der Waals surface area contributed by atoms with E-state index in [9.17, 15) is 0 Å². The summed E-state index contributed by atoms with van der Waals surface area (Å²) in [7, 11) is 3.43. The molecule has 0 aliphatic carbocycles. The smallest absolute Gasteiger partial charge is 0.126 e. The first-order chi connectivity index (χ1) is 10.1. The predicted molar refractivity (Wildman–Crippen MR) is 88.4 cm³/mol. The van der Waals surface area contributed by atoms with Gasteiger partial charge in [0.05, 0.1) is 14.2 Å². The summed E-state index contributed by atoms with van der Waals surface area (Å²) in [6.07, 6.45) is 0.960. The minimum Gasteiger partial charge on any atom is -0.497 e. The second-order valence-electron chi connectivity index (χ2n) is 5.49. The number of ether oxygens (including phenoxy) is 2. The molecule has 0 atom stereocenters. The van der Waals surface area contributed by atoms with Crippen molar-refractivity contribution in [2.75, 3.05) is 14.2 Å². The van der Waals surface area contributed by atoms with Gasteiger partial charge in [0.15, 0.2) is 0 Å². The van der Waals surface area contributed by atoms with Crippen LogP contribution >= 0.6 is 0 Å². The van der Waals surface area contributed by atoms with Gasteiger partial charge in [-0.3, -0.25) is 0 Å². The number of benzene rings is 2. The summed E-state index contributed by atoms with van der Waals surface area (Å²) in [5.41, 5.74) is 4.97. The molecule has 112 valence electrons. The normalized spacial score (nSPS) is 10.8. The second kappa shape index (κ2) is 6.66. The van der Waals surface area contributed by atoms with Crippen LogP contribution < -0.4 is 9.47 Å². The second-order valence-corrected chi connectivity index (χ2v) is 5.49. The van der Waals surface area contributed by atoms with Gasteiger partial charge in [0.1, 0.15) is 11.5 Å². The Kier molecular flexibility index (Phi) is 4.89. The minimum absolute atomic E-state index is 0.498. The van der Waals surface area contributed by atoms with Gasteiger partial charge in [-0.2, -0.15) is 0 Å². The quantitative estimate of drug-likeness (QED) is 0.764. The van der Waals surface area contributed by atoms with Crippen LogP contribution in [0.5, 0.6) is 11.5 Å². The standard InChI is InChI=1S/C19H24O2/c1-6-14-11-16(20-4)8-9-17(14)18-12-15(13(2)3)7-10-19(18)21-5/h7-13H,6H2,1-5H3. The van der Waals surface area contributed by atoms with Crippen LogP contribution in [0.1, 0.15) is 37.8 Å². The topological polar surface area (TPSA) is 18.5 Å². The maximum atomic E-state index is 5.56. The van der Waals surface area contributed by atoms with Gasteiger partial charge in [-0.15, -0.1) is 0 Å². The third-order valence-corrected chi connectivity index (χ3v) is 3.87. The highest BCUT2D eigenvalue weighted by Crippen LogP contribution is 2.36. The van der Waals surface area contributed by atoms with Gasteiger partial charge in [0.25, 0.3) is 0 Å². The molecule has 0 heterocycles. The molecule has 2 rings (SSSR count). The van der Waals surface area contributed by atoms with Crippen molar-refractivity contribution in [1.82, 2.24) is 0 Å². The van der Waals surface area contributed by atoms with Crippen molar-refractivity contribution >= 4 is 0 Å². The lowest BCUT2D eigenvalue weighted by Crippen LogP contribution is -1.96. The van der Waals surface area contributed by atoms with E-state index in [-0.39, 0.29) is 0 Å². The largest absolute Gasteiger partial charge is 0.497 e. The van der Waals surface area contributed by atoms with E-state index in [0.29, 0.717) is 5.92 Å². The summed E-state index contributed by atoms with van der Waals surface area (Å²) < 4.78 is 10.9. The fraction of sp³-hybridized carbons (Fsp3) is 0.368. The highest BCUT2D eigenvalue weighted by Gasteiger charge is 2.12. The molecule has 0 N–H and O–H groups in total. The fourth-order valence-electron chi connectivity index (χ4n) is 2.55. The Bertz CT molecular complexity index is 615. The maximum absolute atomic E-state index is 5.56. The summed E-state index contributed by atoms with van der Waals surface area (Å²) in [5, 5.41) is 0. The molecule has 0 aliphatic heterocycles. The van der Waals surface area contributed by atoms with Crippen molar-refractivity contribution in [3.8, 4) is 22.6 Å². The first-order valence-electron chi connectivity index (χ1n) is 7.45. The van der Waals surface area contributed by atoms with Crippen molar-refractivity contribution in [2.45, 2.75) is 33.1 Å². The summed E-state index contributed by atoms with van der Waals surface area (Å²) in [4.78, 5) is 0. The zero-order chi connectivity index (χ0) is 15.4. The summed E-state index contributed by atoms with van der Waals surface area (Å²) in [6, 6.07) is 12.7. The van der Waals surface area contributed by atoms with E-state index in [1.165, 1.54) is 16.7 Å². The number of hydrogen-bond acceptors (Lipinski definition) is 2. The first-order valence-corrected chi connectivity index (χ1v) is 7.45. The third kappa shape index (κ3) is 3.21. The molecule has 0 aliphatic rings. The van der Waals surface area contributed by atoms with Crippen molar-refractivity contribution in [1.29, 1.82) is 0 Å². The monoisotopic (exact) mass is 284 g/mol. The molecule has 2 aromatic rings. The highest BCUT2D eigenvalue weighted by molar-refractivity contribution is 5.75. The van der Waals surface area contributed by atoms with Crippen LogP contribution in [0, 0.1) is 0 Å². The van der Waals surface area contributed by atoms with Crippen molar-refractivity contribution in [2.24, 2.45) is 0 Å². The number of methoxy groups -OCH3 is 2. The zero-order valence-corrected chi connectivity index (χ0v) is 13.6. The molecule has 0 saturated carbocycles. The molecule has 0 spiro atoms. The number of rotatable bonds is 5. The predicted octanol–water partition coefficient (Wildman–Crippen LogP) is 5.06. The van der Waals surface area contributed by atoms with Crippen LogP contribution in [-0.2, 0) is 6.42 Å². The van der Waals surface area contributed by atoms with E-state index in [0.717, 1.165) is 23.5 Å². The van der Waals surface area contributed by atoms with E-state index < -0.39 is 0 Å². The van der Waals surface area contributed by atoms with Gasteiger partial charge < -0.3 is 9.47 Å². The van der Waals surface area contributed by atoms with E-state index in [1.807, 2.05) is 6.07 Å². The minimum atomic E-state index is 0.498. The molecule has 0 aromatic heterocycles. The average Bonchev–Trinajstić information content (AvgIpc) is 2.53. The molecule has 0 radical (unpaired) electrons. The van der Waals surface area contributed by atoms with Crippen LogP contribution in [0.25, 0.3) is 11.1 Å². The molecule has 2 nitrogen and oxygen atoms in total. The van der Waals surface area contributed by atoms with Crippen LogP contribution in [0.15, 0.2) is 36.4 Å². The van der Waals surface area contributed by atoms with E-state index in [1.54, 1.807) is 14.2 Å². The number of aryl methyl sites for hydroxylation is 1. The molecule has 0 saturated heterocycles. The van der Waals surface area contributed by atoms with Crippen LogP contribution in [0.2, 0.25) is 0 Å². The molecule has 0 fully saturated rings. The van der Waals surface area contributed by atoms with E-state index in [4.69, 9.17) is 9.47 Å². The van der Waals surface area contributed by atoms with Gasteiger partial charge in [-0.1, -0.05) is 32.9 Å². The summed E-state index contributed by atoms with van der Waals surface area (Å²) >= 11 is 0. The van der Waals surface area contributed by atoms with Gasteiger partial charge in [-0.25, -0.2) is 0 Å². The zero-order valence-electron chi connectivity index (χ0n) is 13.6. The molecule has 0 amide bonds. The van der Waals surface area contributed by atoms with E-state index >= 15 is 0 Å². The summed E-state index contributed by atoms with van der Waals surface area (Å²) in [5.74, 6) is 2.31. The Morgan fingerprint density at radius 3 is 2.24 bits per heavy atom. The van der Waals surface area contributed by atoms with Gasteiger partial charge >= 0.3 is 0 Å². The Balaban J connectivity index is 2.61. The highest BCUT2D eigenvalue weighted by atomic mass is 16.5. The fourth-order valence-corrected chi connectivity index (χ4v) is 2.55. The lowest BCUT2D eigenvalue weighted by Gasteiger charge is -2.16. The molecule has 0 unspecified atom stereocenters. The van der Waals surface area contributed by atoms with Gasteiger partial charge in [-0.05, 0) is 53.3 Å². The SMILES string of the molecule is CCc1cc(OC)ccc1-c1cc(C(C)C)ccc1OC. The van der Waals surface area contributed by atoms with Crippen LogP contribution in [0.4, 0.5) is 0 Å². The number of hydrogen-bond donors (Lipinski definition) is 0.